The first-order valence-electron chi connectivity index (χ1n) is 8.65. The summed E-state index contributed by atoms with van der Waals surface area (Å²) >= 11 is 4.74. The fraction of sp³-hybridized carbons (Fsp3) is 0.263. The molecule has 154 valence electrons. The first kappa shape index (κ1) is 21.8. The van der Waals surface area contributed by atoms with Crippen molar-refractivity contribution in [3.8, 4) is 0 Å². The van der Waals surface area contributed by atoms with Crippen LogP contribution in [0.25, 0.3) is 0 Å². The van der Waals surface area contributed by atoms with Gasteiger partial charge in [0.15, 0.2) is 0 Å². The van der Waals surface area contributed by atoms with Gasteiger partial charge in [-0.1, -0.05) is 15.9 Å². The smallest absolute Gasteiger partial charge is 0.244 e. The summed E-state index contributed by atoms with van der Waals surface area (Å²) in [7, 11) is -0.767. The number of thioether (sulfide) groups is 1. The summed E-state index contributed by atoms with van der Waals surface area (Å²) in [6.45, 7) is 1.71. The predicted molar refractivity (Wildman–Crippen MR) is 118 cm³/mol. The number of anilines is 2. The van der Waals surface area contributed by atoms with Gasteiger partial charge < -0.3 is 10.2 Å². The Morgan fingerprint density at radius 1 is 1.24 bits per heavy atom. The third kappa shape index (κ3) is 4.66. The molecule has 0 aliphatic carbocycles. The van der Waals surface area contributed by atoms with Gasteiger partial charge in [0.2, 0.25) is 21.8 Å². The van der Waals surface area contributed by atoms with Crippen LogP contribution in [0, 0.1) is 6.92 Å². The van der Waals surface area contributed by atoms with Crippen molar-refractivity contribution in [1.82, 2.24) is 4.31 Å². The van der Waals surface area contributed by atoms with E-state index >= 15 is 0 Å². The molecule has 1 N–H and O–H groups in total. The van der Waals surface area contributed by atoms with E-state index in [9.17, 15) is 18.0 Å². The zero-order valence-corrected chi connectivity index (χ0v) is 19.3. The van der Waals surface area contributed by atoms with Crippen LogP contribution in [0.1, 0.15) is 5.56 Å². The minimum absolute atomic E-state index is 0.0745. The van der Waals surface area contributed by atoms with Gasteiger partial charge in [-0.05, 0) is 48.9 Å². The Balaban J connectivity index is 1.87. The molecule has 2 amide bonds. The minimum Gasteiger partial charge on any atom is -0.325 e. The third-order valence-corrected chi connectivity index (χ3v) is 8.14. The van der Waals surface area contributed by atoms with Crippen LogP contribution in [-0.2, 0) is 19.6 Å². The number of carbonyl (C=O) groups is 2. The number of sulfonamides is 1. The summed E-state index contributed by atoms with van der Waals surface area (Å²) < 4.78 is 27.0. The quantitative estimate of drug-likeness (QED) is 0.685. The highest BCUT2D eigenvalue weighted by molar-refractivity contribution is 9.10. The number of benzene rings is 2. The third-order valence-electron chi connectivity index (χ3n) is 4.40. The molecule has 0 aromatic heterocycles. The fourth-order valence-electron chi connectivity index (χ4n) is 2.79. The Morgan fingerprint density at radius 2 is 1.97 bits per heavy atom. The minimum atomic E-state index is -3.66. The SMILES string of the molecule is Cc1cc(NC(=O)CN2C(=O)CSc3ccc(S(=O)(=O)N(C)C)cc32)ccc1Br. The van der Waals surface area contributed by atoms with E-state index in [1.807, 2.05) is 19.1 Å². The molecule has 29 heavy (non-hydrogen) atoms. The molecule has 2 aromatic rings. The molecule has 0 unspecified atom stereocenters. The zero-order chi connectivity index (χ0) is 21.3. The Labute approximate surface area is 182 Å². The predicted octanol–water partition coefficient (Wildman–Crippen LogP) is 3.09. The van der Waals surface area contributed by atoms with Crippen molar-refractivity contribution >= 4 is 60.9 Å². The Kier molecular flexibility index (Phi) is 6.37. The lowest BCUT2D eigenvalue weighted by atomic mass is 10.2. The highest BCUT2D eigenvalue weighted by Gasteiger charge is 2.29. The largest absolute Gasteiger partial charge is 0.325 e. The number of nitrogens with zero attached hydrogens (tertiary/aromatic N) is 2. The van der Waals surface area contributed by atoms with Gasteiger partial charge in [-0.3, -0.25) is 9.59 Å². The topological polar surface area (TPSA) is 86.8 Å². The van der Waals surface area contributed by atoms with Crippen LogP contribution >= 0.6 is 27.7 Å². The van der Waals surface area contributed by atoms with Gasteiger partial charge in [0.05, 0.1) is 16.3 Å². The summed E-state index contributed by atoms with van der Waals surface area (Å²) in [6.07, 6.45) is 0. The second-order valence-electron chi connectivity index (χ2n) is 6.70. The van der Waals surface area contributed by atoms with E-state index in [0.29, 0.717) is 11.4 Å². The Morgan fingerprint density at radius 3 is 2.62 bits per heavy atom. The second-order valence-corrected chi connectivity index (χ2v) is 10.7. The molecule has 2 aromatic carbocycles. The van der Waals surface area contributed by atoms with Gasteiger partial charge in [0, 0.05) is 29.2 Å². The lowest BCUT2D eigenvalue weighted by molar-refractivity contribution is -0.120. The highest BCUT2D eigenvalue weighted by Crippen LogP contribution is 2.37. The number of rotatable bonds is 5. The number of nitrogens with one attached hydrogen (secondary N) is 1. The Bertz CT molecular complexity index is 1090. The average Bonchev–Trinajstić information content (AvgIpc) is 2.66. The summed E-state index contributed by atoms with van der Waals surface area (Å²) in [6, 6.07) is 10.1. The molecule has 0 saturated heterocycles. The number of aryl methyl sites for hydroxylation is 1. The van der Waals surface area contributed by atoms with Gasteiger partial charge in [-0.15, -0.1) is 11.8 Å². The average molecular weight is 498 g/mol. The molecule has 1 aliphatic rings. The molecular formula is C19H20BrN3O4S2. The van der Waals surface area contributed by atoms with Crippen LogP contribution in [-0.4, -0.2) is 50.9 Å². The molecule has 0 radical (unpaired) electrons. The van der Waals surface area contributed by atoms with Crippen LogP contribution in [0.5, 0.6) is 0 Å². The molecule has 0 fully saturated rings. The number of carbonyl (C=O) groups excluding carboxylic acids is 2. The summed E-state index contributed by atoms with van der Waals surface area (Å²) in [4.78, 5) is 27.2. The van der Waals surface area contributed by atoms with E-state index in [-0.39, 0.29) is 29.0 Å². The highest BCUT2D eigenvalue weighted by atomic mass is 79.9. The monoisotopic (exact) mass is 497 g/mol. The first-order valence-corrected chi connectivity index (χ1v) is 11.9. The molecule has 1 heterocycles. The Hall–Kier alpha value is -1.88. The first-order chi connectivity index (χ1) is 13.6. The number of hydrogen-bond acceptors (Lipinski definition) is 5. The maximum Gasteiger partial charge on any atom is 0.244 e. The molecular weight excluding hydrogens is 478 g/mol. The van der Waals surface area contributed by atoms with Crippen molar-refractivity contribution in [1.29, 1.82) is 0 Å². The van der Waals surface area contributed by atoms with Crippen LogP contribution < -0.4 is 10.2 Å². The van der Waals surface area contributed by atoms with E-state index in [1.165, 1.54) is 42.9 Å². The van der Waals surface area contributed by atoms with Crippen molar-refractivity contribution in [3.63, 3.8) is 0 Å². The van der Waals surface area contributed by atoms with E-state index < -0.39 is 10.0 Å². The molecule has 1 aliphatic heterocycles. The summed E-state index contributed by atoms with van der Waals surface area (Å²) in [5, 5.41) is 2.78. The molecule has 3 rings (SSSR count). The summed E-state index contributed by atoms with van der Waals surface area (Å²) in [5.41, 5.74) is 2.02. The number of hydrogen-bond donors (Lipinski definition) is 1. The number of halogens is 1. The van der Waals surface area contributed by atoms with Crippen LogP contribution in [0.4, 0.5) is 11.4 Å². The normalized spacial score (nSPS) is 14.1. The number of amides is 2. The van der Waals surface area contributed by atoms with Gasteiger partial charge in [-0.25, -0.2) is 12.7 Å². The molecule has 7 nitrogen and oxygen atoms in total. The van der Waals surface area contributed by atoms with E-state index in [4.69, 9.17) is 0 Å². The van der Waals surface area contributed by atoms with Crippen LogP contribution in [0.2, 0.25) is 0 Å². The molecule has 0 saturated carbocycles. The molecule has 0 bridgehead atoms. The lowest BCUT2D eigenvalue weighted by Gasteiger charge is -2.29. The molecule has 0 atom stereocenters. The van der Waals surface area contributed by atoms with Gasteiger partial charge in [0.25, 0.3) is 0 Å². The second kappa shape index (κ2) is 8.47. The lowest BCUT2D eigenvalue weighted by Crippen LogP contribution is -2.41. The van der Waals surface area contributed by atoms with E-state index in [1.54, 1.807) is 12.1 Å². The fourth-order valence-corrected chi connectivity index (χ4v) is 4.88. The zero-order valence-electron chi connectivity index (χ0n) is 16.1. The van der Waals surface area contributed by atoms with E-state index in [0.717, 1.165) is 19.2 Å². The molecule has 0 spiro atoms. The van der Waals surface area contributed by atoms with Crippen molar-refractivity contribution in [3.05, 3.63) is 46.4 Å². The standard InChI is InChI=1S/C19H20BrN3O4S2/c1-12-8-13(4-6-15(12)20)21-18(24)10-23-16-9-14(29(26,27)22(2)3)5-7-17(16)28-11-19(23)25/h4-9H,10-11H2,1-3H3,(H,21,24). The maximum atomic E-state index is 12.6. The number of fused-ring (bicyclic) bond motifs is 1. The van der Waals surface area contributed by atoms with Gasteiger partial charge in [-0.2, -0.15) is 0 Å². The van der Waals surface area contributed by atoms with Crippen molar-refractivity contribution in [2.24, 2.45) is 0 Å². The summed E-state index contributed by atoms with van der Waals surface area (Å²) in [5.74, 6) is -0.417. The molecule has 10 heteroatoms. The van der Waals surface area contributed by atoms with Crippen molar-refractivity contribution in [2.75, 3.05) is 36.6 Å². The van der Waals surface area contributed by atoms with Crippen LogP contribution in [0.3, 0.4) is 0 Å². The van der Waals surface area contributed by atoms with Crippen molar-refractivity contribution in [2.45, 2.75) is 16.7 Å². The van der Waals surface area contributed by atoms with Gasteiger partial charge in [0.1, 0.15) is 6.54 Å². The van der Waals surface area contributed by atoms with Crippen LogP contribution in [0.15, 0.2) is 50.7 Å². The maximum absolute atomic E-state index is 12.6. The van der Waals surface area contributed by atoms with Gasteiger partial charge >= 0.3 is 0 Å². The van der Waals surface area contributed by atoms with Crippen molar-refractivity contribution < 1.29 is 18.0 Å². The van der Waals surface area contributed by atoms with E-state index in [2.05, 4.69) is 21.2 Å².